The highest BCUT2D eigenvalue weighted by molar-refractivity contribution is 6.30. The topological polar surface area (TPSA) is 52.8 Å². The summed E-state index contributed by atoms with van der Waals surface area (Å²) in [7, 11) is 0. The molecule has 0 aliphatic heterocycles. The number of fused-ring (bicyclic) bond motifs is 2. The number of hydrogen-bond acceptors (Lipinski definition) is 4. The van der Waals surface area contributed by atoms with Crippen LogP contribution in [0.25, 0.3) is 22.4 Å². The molecule has 1 aliphatic carbocycles. The van der Waals surface area contributed by atoms with Crippen LogP contribution in [0.2, 0.25) is 5.15 Å². The maximum absolute atomic E-state index is 14.8. The van der Waals surface area contributed by atoms with Crippen LogP contribution in [0.3, 0.4) is 0 Å². The highest BCUT2D eigenvalue weighted by Crippen LogP contribution is 2.38. The maximum Gasteiger partial charge on any atom is 0.182 e. The first-order valence-corrected chi connectivity index (χ1v) is 11.8. The number of benzene rings is 2. The molecule has 0 spiro atoms. The number of para-hydroxylation sites is 1. The Balaban J connectivity index is 1.58. The van der Waals surface area contributed by atoms with Gasteiger partial charge in [0, 0.05) is 34.3 Å². The molecule has 2 aromatic carbocycles. The first-order chi connectivity index (χ1) is 16.3. The molecule has 0 fully saturated rings. The molecule has 0 N–H and O–H groups in total. The van der Waals surface area contributed by atoms with Gasteiger partial charge in [-0.2, -0.15) is 5.10 Å². The van der Waals surface area contributed by atoms with Gasteiger partial charge in [-0.05, 0) is 37.7 Å². The molecule has 34 heavy (non-hydrogen) atoms. The van der Waals surface area contributed by atoms with E-state index in [1.165, 1.54) is 12.1 Å². The van der Waals surface area contributed by atoms with Crippen molar-refractivity contribution in [2.24, 2.45) is 5.41 Å². The fourth-order valence-electron chi connectivity index (χ4n) is 4.55. The molecule has 0 unspecified atom stereocenters. The number of ether oxygens (including phenoxy) is 1. The lowest BCUT2D eigenvalue weighted by Gasteiger charge is -2.30. The van der Waals surface area contributed by atoms with E-state index < -0.39 is 11.6 Å². The zero-order valence-electron chi connectivity index (χ0n) is 19.3. The number of aromatic nitrogens is 4. The predicted octanol–water partition coefficient (Wildman–Crippen LogP) is 6.39. The average Bonchev–Trinajstić information content (AvgIpc) is 3.15. The van der Waals surface area contributed by atoms with Crippen molar-refractivity contribution in [2.75, 3.05) is 6.61 Å². The summed E-state index contributed by atoms with van der Waals surface area (Å²) in [5.74, 6) is -0.779. The molecule has 4 aromatic rings. The van der Waals surface area contributed by atoms with E-state index in [0.29, 0.717) is 23.3 Å². The van der Waals surface area contributed by atoms with Crippen LogP contribution in [-0.4, -0.2) is 26.4 Å². The summed E-state index contributed by atoms with van der Waals surface area (Å²) in [4.78, 5) is 9.39. The number of halogens is 3. The predicted molar refractivity (Wildman–Crippen MR) is 128 cm³/mol. The molecule has 8 heteroatoms. The first kappa shape index (κ1) is 22.7. The van der Waals surface area contributed by atoms with E-state index >= 15 is 0 Å². The van der Waals surface area contributed by atoms with Gasteiger partial charge in [-0.3, -0.25) is 4.68 Å². The zero-order chi connectivity index (χ0) is 24.0. The molecular weight excluding hydrogens is 458 g/mol. The average molecular weight is 483 g/mol. The van der Waals surface area contributed by atoms with Gasteiger partial charge in [-0.1, -0.05) is 43.6 Å². The SMILES string of the molecule is CCOc1cc(F)c(Cn2nc(-c3nc(Cl)c4c(n3)CCC(C)(C)C4)c3ccccc32)c(F)c1. The second kappa shape index (κ2) is 8.62. The standard InChI is InChI=1S/C26H25ClF2N4O/c1-4-34-15-11-19(28)18(20(29)12-15)14-33-22-8-6-5-7-16(22)23(32-33)25-30-21-9-10-26(2,3)13-17(21)24(27)31-25/h5-8,11-12H,4,9-10,13-14H2,1-3H3. The molecule has 0 radical (unpaired) electrons. The summed E-state index contributed by atoms with van der Waals surface area (Å²) in [6.07, 6.45) is 2.66. The molecule has 0 amide bonds. The van der Waals surface area contributed by atoms with E-state index in [-0.39, 0.29) is 23.3 Å². The highest BCUT2D eigenvalue weighted by Gasteiger charge is 2.29. The summed E-state index contributed by atoms with van der Waals surface area (Å²) in [6, 6.07) is 9.90. The molecule has 0 bridgehead atoms. The third kappa shape index (κ3) is 4.13. The third-order valence-electron chi connectivity index (χ3n) is 6.34. The zero-order valence-corrected chi connectivity index (χ0v) is 20.1. The van der Waals surface area contributed by atoms with E-state index in [2.05, 4.69) is 23.9 Å². The van der Waals surface area contributed by atoms with Gasteiger partial charge in [-0.15, -0.1) is 0 Å². The van der Waals surface area contributed by atoms with Crippen LogP contribution in [0.15, 0.2) is 36.4 Å². The van der Waals surface area contributed by atoms with Gasteiger partial charge in [0.05, 0.1) is 18.7 Å². The van der Waals surface area contributed by atoms with E-state index in [1.807, 2.05) is 24.3 Å². The van der Waals surface area contributed by atoms with Gasteiger partial charge in [-0.25, -0.2) is 18.7 Å². The lowest BCUT2D eigenvalue weighted by atomic mass is 9.76. The fourth-order valence-corrected chi connectivity index (χ4v) is 4.81. The summed E-state index contributed by atoms with van der Waals surface area (Å²) in [5.41, 5.74) is 3.26. The lowest BCUT2D eigenvalue weighted by molar-refractivity contribution is 0.312. The fraction of sp³-hybridized carbons (Fsp3) is 0.346. The molecule has 0 saturated carbocycles. The van der Waals surface area contributed by atoms with Crippen molar-refractivity contribution in [2.45, 2.75) is 46.6 Å². The van der Waals surface area contributed by atoms with Crippen molar-refractivity contribution >= 4 is 22.5 Å². The quantitative estimate of drug-likeness (QED) is 0.309. The first-order valence-electron chi connectivity index (χ1n) is 11.4. The molecular formula is C26H25ClF2N4O. The Morgan fingerprint density at radius 2 is 1.85 bits per heavy atom. The van der Waals surface area contributed by atoms with Gasteiger partial charge in [0.15, 0.2) is 5.82 Å². The van der Waals surface area contributed by atoms with Gasteiger partial charge >= 0.3 is 0 Å². The molecule has 1 aliphatic rings. The van der Waals surface area contributed by atoms with Gasteiger partial charge < -0.3 is 4.74 Å². The minimum Gasteiger partial charge on any atom is -0.494 e. The van der Waals surface area contributed by atoms with Gasteiger partial charge in [0.2, 0.25) is 0 Å². The Hall–Kier alpha value is -3.06. The van der Waals surface area contributed by atoms with Crippen LogP contribution in [0, 0.1) is 17.0 Å². The van der Waals surface area contributed by atoms with E-state index in [1.54, 1.807) is 11.6 Å². The molecule has 5 nitrogen and oxygen atoms in total. The van der Waals surface area contributed by atoms with Crippen LogP contribution in [0.5, 0.6) is 5.75 Å². The highest BCUT2D eigenvalue weighted by atomic mass is 35.5. The largest absolute Gasteiger partial charge is 0.494 e. The second-order valence-corrected chi connectivity index (χ2v) is 9.78. The Kier molecular flexibility index (Phi) is 5.76. The summed E-state index contributed by atoms with van der Waals surface area (Å²) < 4.78 is 36.3. The van der Waals surface area contributed by atoms with Crippen LogP contribution < -0.4 is 4.74 Å². The summed E-state index contributed by atoms with van der Waals surface area (Å²) in [5, 5.41) is 5.92. The normalized spacial score (nSPS) is 14.9. The molecule has 176 valence electrons. The van der Waals surface area contributed by atoms with Crippen molar-refractivity contribution in [3.63, 3.8) is 0 Å². The number of hydrogen-bond donors (Lipinski definition) is 0. The number of nitrogens with zero attached hydrogens (tertiary/aromatic N) is 4. The Labute approximate surface area is 201 Å². The summed E-state index contributed by atoms with van der Waals surface area (Å²) in [6.45, 7) is 6.43. The minimum atomic E-state index is -0.680. The monoisotopic (exact) mass is 482 g/mol. The van der Waals surface area contributed by atoms with Crippen molar-refractivity contribution in [1.29, 1.82) is 0 Å². The van der Waals surface area contributed by atoms with Crippen LogP contribution in [0.1, 0.15) is 44.0 Å². The van der Waals surface area contributed by atoms with E-state index in [0.717, 1.165) is 41.4 Å². The Morgan fingerprint density at radius 3 is 2.59 bits per heavy atom. The van der Waals surface area contributed by atoms with Gasteiger partial charge in [0.25, 0.3) is 0 Å². The molecule has 2 heterocycles. The van der Waals surface area contributed by atoms with Crippen molar-refractivity contribution in [3.05, 3.63) is 70.0 Å². The molecule has 2 aromatic heterocycles. The van der Waals surface area contributed by atoms with E-state index in [4.69, 9.17) is 21.3 Å². The van der Waals surface area contributed by atoms with Crippen LogP contribution >= 0.6 is 11.6 Å². The molecule has 0 saturated heterocycles. The number of aryl methyl sites for hydroxylation is 1. The Morgan fingerprint density at radius 1 is 1.12 bits per heavy atom. The maximum atomic E-state index is 14.8. The minimum absolute atomic E-state index is 0.0859. The van der Waals surface area contributed by atoms with E-state index in [9.17, 15) is 8.78 Å². The number of rotatable bonds is 5. The van der Waals surface area contributed by atoms with Crippen molar-refractivity contribution in [3.8, 4) is 17.3 Å². The van der Waals surface area contributed by atoms with Gasteiger partial charge in [0.1, 0.15) is 28.2 Å². The second-order valence-electron chi connectivity index (χ2n) is 9.43. The molecule has 0 atom stereocenters. The Bertz CT molecular complexity index is 1380. The van der Waals surface area contributed by atoms with Crippen molar-refractivity contribution < 1.29 is 13.5 Å². The van der Waals surface area contributed by atoms with Crippen LogP contribution in [0.4, 0.5) is 8.78 Å². The van der Waals surface area contributed by atoms with Crippen LogP contribution in [-0.2, 0) is 19.4 Å². The molecule has 5 rings (SSSR count). The van der Waals surface area contributed by atoms with Crippen molar-refractivity contribution in [1.82, 2.24) is 19.7 Å². The smallest absolute Gasteiger partial charge is 0.182 e. The third-order valence-corrected chi connectivity index (χ3v) is 6.65. The lowest BCUT2D eigenvalue weighted by Crippen LogP contribution is -2.24. The summed E-state index contributed by atoms with van der Waals surface area (Å²) >= 11 is 6.60.